The van der Waals surface area contributed by atoms with Crippen molar-refractivity contribution in [3.8, 4) is 0 Å². The van der Waals surface area contributed by atoms with Gasteiger partial charge < -0.3 is 10.4 Å². The number of rotatable bonds is 8. The van der Waals surface area contributed by atoms with Gasteiger partial charge in [0.05, 0.1) is 0 Å². The van der Waals surface area contributed by atoms with Crippen molar-refractivity contribution in [2.45, 2.75) is 45.1 Å². The fourth-order valence-electron chi connectivity index (χ4n) is 1.62. The number of nitrogens with one attached hydrogen (secondary N) is 1. The van der Waals surface area contributed by atoms with Crippen molar-refractivity contribution in [2.75, 3.05) is 0 Å². The fraction of sp³-hybridized carbons (Fsp3) is 0.538. The molecule has 1 aromatic rings. The van der Waals surface area contributed by atoms with E-state index in [0.29, 0.717) is 19.3 Å². The van der Waals surface area contributed by atoms with Crippen LogP contribution >= 0.6 is 11.3 Å². The highest BCUT2D eigenvalue weighted by Crippen LogP contribution is 2.11. The molecular weight excluding hydrogens is 250 g/mol. The summed E-state index contributed by atoms with van der Waals surface area (Å²) in [5.41, 5.74) is 0. The average molecular weight is 269 g/mol. The lowest BCUT2D eigenvalue weighted by Crippen LogP contribution is -2.40. The van der Waals surface area contributed by atoms with Gasteiger partial charge >= 0.3 is 5.97 Å². The van der Waals surface area contributed by atoms with E-state index in [9.17, 15) is 9.59 Å². The van der Waals surface area contributed by atoms with Crippen molar-refractivity contribution in [3.63, 3.8) is 0 Å². The minimum Gasteiger partial charge on any atom is -0.480 e. The normalized spacial score (nSPS) is 12.1. The Morgan fingerprint density at radius 3 is 2.83 bits per heavy atom. The highest BCUT2D eigenvalue weighted by Gasteiger charge is 2.18. The summed E-state index contributed by atoms with van der Waals surface area (Å²) in [6.07, 6.45) is 3.24. The first-order valence-corrected chi connectivity index (χ1v) is 7.06. The summed E-state index contributed by atoms with van der Waals surface area (Å²) in [6.45, 7) is 2.00. The summed E-state index contributed by atoms with van der Waals surface area (Å²) < 4.78 is 0. The molecule has 1 atom stereocenters. The Hall–Kier alpha value is -1.36. The van der Waals surface area contributed by atoms with Crippen LogP contribution in [0.3, 0.4) is 0 Å². The summed E-state index contributed by atoms with van der Waals surface area (Å²) in [4.78, 5) is 23.8. The molecule has 0 saturated heterocycles. The Balaban J connectivity index is 2.34. The second-order valence-corrected chi connectivity index (χ2v) is 5.21. The van der Waals surface area contributed by atoms with Crippen molar-refractivity contribution >= 4 is 23.2 Å². The molecule has 0 fully saturated rings. The summed E-state index contributed by atoms with van der Waals surface area (Å²) in [5, 5.41) is 13.5. The predicted molar refractivity (Wildman–Crippen MR) is 71.7 cm³/mol. The largest absolute Gasteiger partial charge is 0.480 e. The molecule has 0 radical (unpaired) electrons. The lowest BCUT2D eigenvalue weighted by molar-refractivity contribution is -0.142. The van der Waals surface area contributed by atoms with Gasteiger partial charge in [0.15, 0.2) is 0 Å². The molecule has 1 aromatic heterocycles. The zero-order valence-corrected chi connectivity index (χ0v) is 11.3. The summed E-state index contributed by atoms with van der Waals surface area (Å²) in [5.74, 6) is -1.14. The minimum atomic E-state index is -0.951. The van der Waals surface area contributed by atoms with Gasteiger partial charge in [-0.2, -0.15) is 0 Å². The molecule has 0 bridgehead atoms. The molecule has 0 aliphatic carbocycles. The molecule has 1 amide bonds. The van der Waals surface area contributed by atoms with Crippen LogP contribution in [0.1, 0.15) is 37.5 Å². The predicted octanol–water partition coefficient (Wildman–Crippen LogP) is 2.44. The first-order chi connectivity index (χ1) is 8.63. The van der Waals surface area contributed by atoms with E-state index in [1.807, 2.05) is 24.4 Å². The topological polar surface area (TPSA) is 66.4 Å². The molecular formula is C13H19NO3S. The Kier molecular flexibility index (Phi) is 6.43. The number of hydrogen-bond acceptors (Lipinski definition) is 3. The third-order valence-electron chi connectivity index (χ3n) is 2.66. The lowest BCUT2D eigenvalue weighted by Gasteiger charge is -2.13. The first-order valence-electron chi connectivity index (χ1n) is 6.18. The number of unbranched alkanes of at least 4 members (excludes halogenated alkanes) is 1. The van der Waals surface area contributed by atoms with Gasteiger partial charge in [-0.3, -0.25) is 4.79 Å². The molecule has 4 nitrogen and oxygen atoms in total. The van der Waals surface area contributed by atoms with Crippen molar-refractivity contribution in [1.29, 1.82) is 0 Å². The van der Waals surface area contributed by atoms with Gasteiger partial charge in [-0.15, -0.1) is 11.3 Å². The van der Waals surface area contributed by atoms with Crippen LogP contribution in [-0.2, 0) is 16.0 Å². The molecule has 5 heteroatoms. The fourth-order valence-corrected chi connectivity index (χ4v) is 2.33. The molecule has 0 aliphatic rings. The van der Waals surface area contributed by atoms with Gasteiger partial charge in [0, 0.05) is 11.3 Å². The maximum Gasteiger partial charge on any atom is 0.326 e. The van der Waals surface area contributed by atoms with Crippen LogP contribution in [0.4, 0.5) is 0 Å². The van der Waals surface area contributed by atoms with E-state index in [4.69, 9.17) is 5.11 Å². The van der Waals surface area contributed by atoms with E-state index in [1.165, 1.54) is 0 Å². The SMILES string of the molecule is CCCC[C@H](NC(=O)CCc1cccs1)C(=O)O. The molecule has 0 saturated carbocycles. The zero-order valence-electron chi connectivity index (χ0n) is 10.5. The van der Waals surface area contributed by atoms with E-state index in [0.717, 1.165) is 17.7 Å². The summed E-state index contributed by atoms with van der Waals surface area (Å²) in [7, 11) is 0. The highest BCUT2D eigenvalue weighted by molar-refractivity contribution is 7.09. The maximum absolute atomic E-state index is 11.6. The van der Waals surface area contributed by atoms with Crippen LogP contribution < -0.4 is 5.32 Å². The van der Waals surface area contributed by atoms with Crippen molar-refractivity contribution in [2.24, 2.45) is 0 Å². The summed E-state index contributed by atoms with van der Waals surface area (Å²) in [6, 6.07) is 3.17. The number of aliphatic carboxylic acids is 1. The van der Waals surface area contributed by atoms with Crippen molar-refractivity contribution in [3.05, 3.63) is 22.4 Å². The van der Waals surface area contributed by atoms with E-state index < -0.39 is 12.0 Å². The van der Waals surface area contributed by atoms with Gasteiger partial charge in [-0.25, -0.2) is 4.79 Å². The third kappa shape index (κ3) is 5.31. The van der Waals surface area contributed by atoms with Crippen LogP contribution in [0, 0.1) is 0 Å². The molecule has 0 spiro atoms. The van der Waals surface area contributed by atoms with Gasteiger partial charge in [-0.05, 0) is 24.3 Å². The lowest BCUT2D eigenvalue weighted by atomic mass is 10.1. The van der Waals surface area contributed by atoms with Gasteiger partial charge in [-0.1, -0.05) is 25.8 Å². The van der Waals surface area contributed by atoms with Crippen LogP contribution in [-0.4, -0.2) is 23.0 Å². The number of thiophene rings is 1. The highest BCUT2D eigenvalue weighted by atomic mass is 32.1. The molecule has 0 aromatic carbocycles. The first kappa shape index (κ1) is 14.7. The molecule has 100 valence electrons. The van der Waals surface area contributed by atoms with Crippen LogP contribution in [0.15, 0.2) is 17.5 Å². The van der Waals surface area contributed by atoms with E-state index in [2.05, 4.69) is 5.32 Å². The number of hydrogen-bond donors (Lipinski definition) is 2. The second kappa shape index (κ2) is 7.87. The second-order valence-electron chi connectivity index (χ2n) is 4.18. The number of carboxylic acid groups (broad SMARTS) is 1. The number of carboxylic acids is 1. The summed E-state index contributed by atoms with van der Waals surface area (Å²) >= 11 is 1.61. The van der Waals surface area contributed by atoms with E-state index in [-0.39, 0.29) is 5.91 Å². The van der Waals surface area contributed by atoms with E-state index >= 15 is 0 Å². The number of aryl methyl sites for hydroxylation is 1. The Morgan fingerprint density at radius 1 is 1.50 bits per heavy atom. The molecule has 1 rings (SSSR count). The smallest absolute Gasteiger partial charge is 0.326 e. The number of carbonyl (C=O) groups is 2. The van der Waals surface area contributed by atoms with Gasteiger partial charge in [0.1, 0.15) is 6.04 Å². The molecule has 1 heterocycles. The van der Waals surface area contributed by atoms with Crippen LogP contribution in [0.5, 0.6) is 0 Å². The van der Waals surface area contributed by atoms with Gasteiger partial charge in [0.25, 0.3) is 0 Å². The van der Waals surface area contributed by atoms with Crippen LogP contribution in [0.25, 0.3) is 0 Å². The number of carbonyl (C=O) groups excluding carboxylic acids is 1. The van der Waals surface area contributed by atoms with Crippen LogP contribution in [0.2, 0.25) is 0 Å². The van der Waals surface area contributed by atoms with Gasteiger partial charge in [0.2, 0.25) is 5.91 Å². The van der Waals surface area contributed by atoms with E-state index in [1.54, 1.807) is 11.3 Å². The monoisotopic (exact) mass is 269 g/mol. The van der Waals surface area contributed by atoms with Crippen molar-refractivity contribution < 1.29 is 14.7 Å². The Labute approximate surface area is 111 Å². The average Bonchev–Trinajstić information content (AvgIpc) is 2.84. The standard InChI is InChI=1S/C13H19NO3S/c1-2-3-6-11(13(16)17)14-12(15)8-7-10-5-4-9-18-10/h4-5,9,11H,2-3,6-8H2,1H3,(H,14,15)(H,16,17)/t11-/m0/s1. The Bertz CT molecular complexity index is 376. The Morgan fingerprint density at radius 2 is 2.28 bits per heavy atom. The molecule has 0 aliphatic heterocycles. The molecule has 0 unspecified atom stereocenters. The quantitative estimate of drug-likeness (QED) is 0.761. The molecule has 2 N–H and O–H groups in total. The molecule has 18 heavy (non-hydrogen) atoms. The zero-order chi connectivity index (χ0) is 13.4. The van der Waals surface area contributed by atoms with Crippen molar-refractivity contribution in [1.82, 2.24) is 5.32 Å². The minimum absolute atomic E-state index is 0.188. The third-order valence-corrected chi connectivity index (χ3v) is 3.59. The maximum atomic E-state index is 11.6. The number of amides is 1.